The molecule has 0 aliphatic carbocycles. The summed E-state index contributed by atoms with van der Waals surface area (Å²) in [6.45, 7) is 7.53. The molecule has 15 heavy (non-hydrogen) atoms. The van der Waals surface area contributed by atoms with Crippen LogP contribution < -0.4 is 10.6 Å². The third-order valence-corrected chi connectivity index (χ3v) is 3.17. The molecule has 0 fully saturated rings. The van der Waals surface area contributed by atoms with Crippen LogP contribution in [0.15, 0.2) is 11.6 Å². The first-order valence-electron chi connectivity index (χ1n) is 5.72. The summed E-state index contributed by atoms with van der Waals surface area (Å²) in [4.78, 5) is 4.34. The van der Waals surface area contributed by atoms with Gasteiger partial charge >= 0.3 is 0 Å². The Balaban J connectivity index is 2.18. The summed E-state index contributed by atoms with van der Waals surface area (Å²) < 4.78 is 0. The maximum Gasteiger partial charge on any atom is 0.109 e. The topological polar surface area (TPSA) is 37.0 Å². The van der Waals surface area contributed by atoms with Crippen molar-refractivity contribution in [2.45, 2.75) is 32.7 Å². The Morgan fingerprint density at radius 2 is 2.20 bits per heavy atom. The molecule has 0 aliphatic rings. The van der Waals surface area contributed by atoms with Gasteiger partial charge in [0.05, 0.1) is 6.04 Å². The summed E-state index contributed by atoms with van der Waals surface area (Å²) in [5.41, 5.74) is 0. The molecule has 1 atom stereocenters. The molecule has 1 heterocycles. The minimum atomic E-state index is 0.424. The highest BCUT2D eigenvalue weighted by Gasteiger charge is 2.09. The summed E-state index contributed by atoms with van der Waals surface area (Å²) in [5.74, 6) is 0. The van der Waals surface area contributed by atoms with Crippen molar-refractivity contribution in [1.29, 1.82) is 0 Å². The second-order valence-electron chi connectivity index (χ2n) is 3.54. The van der Waals surface area contributed by atoms with E-state index in [4.69, 9.17) is 0 Å². The number of aromatic nitrogens is 1. The van der Waals surface area contributed by atoms with Gasteiger partial charge in [-0.2, -0.15) is 0 Å². The first kappa shape index (κ1) is 12.6. The molecule has 4 heteroatoms. The lowest BCUT2D eigenvalue weighted by Crippen LogP contribution is -2.30. The van der Waals surface area contributed by atoms with Crippen molar-refractivity contribution < 1.29 is 0 Å². The average molecular weight is 227 g/mol. The van der Waals surface area contributed by atoms with Crippen LogP contribution in [0.3, 0.4) is 0 Å². The molecule has 1 unspecified atom stereocenters. The zero-order valence-corrected chi connectivity index (χ0v) is 10.4. The minimum Gasteiger partial charge on any atom is -0.315 e. The Labute approximate surface area is 96.3 Å². The largest absolute Gasteiger partial charge is 0.315 e. The Hall–Kier alpha value is -0.450. The maximum atomic E-state index is 4.34. The molecular weight excluding hydrogens is 206 g/mol. The van der Waals surface area contributed by atoms with Gasteiger partial charge in [-0.1, -0.05) is 13.8 Å². The molecule has 1 aromatic heterocycles. The zero-order valence-electron chi connectivity index (χ0n) is 9.62. The van der Waals surface area contributed by atoms with Gasteiger partial charge in [-0.15, -0.1) is 11.3 Å². The van der Waals surface area contributed by atoms with Gasteiger partial charge < -0.3 is 10.6 Å². The Morgan fingerprint density at radius 1 is 1.33 bits per heavy atom. The lowest BCUT2D eigenvalue weighted by molar-refractivity contribution is 0.503. The molecule has 86 valence electrons. The highest BCUT2D eigenvalue weighted by Crippen LogP contribution is 2.17. The SMILES string of the molecule is CCCNCCNC(CC)c1nccs1. The summed E-state index contributed by atoms with van der Waals surface area (Å²) in [5, 5.41) is 10.1. The van der Waals surface area contributed by atoms with Crippen molar-refractivity contribution in [2.75, 3.05) is 19.6 Å². The molecule has 0 radical (unpaired) electrons. The zero-order chi connectivity index (χ0) is 10.9. The van der Waals surface area contributed by atoms with E-state index in [2.05, 4.69) is 29.5 Å². The molecule has 2 N–H and O–H groups in total. The molecule has 0 aliphatic heterocycles. The van der Waals surface area contributed by atoms with E-state index in [-0.39, 0.29) is 0 Å². The monoisotopic (exact) mass is 227 g/mol. The predicted octanol–water partition coefficient (Wildman–Crippen LogP) is 2.18. The number of nitrogens with zero attached hydrogens (tertiary/aromatic N) is 1. The van der Waals surface area contributed by atoms with E-state index in [1.807, 2.05) is 11.6 Å². The summed E-state index contributed by atoms with van der Waals surface area (Å²) >= 11 is 1.73. The number of hydrogen-bond acceptors (Lipinski definition) is 4. The Bertz CT molecular complexity index is 236. The van der Waals surface area contributed by atoms with Crippen molar-refractivity contribution >= 4 is 11.3 Å². The second-order valence-corrected chi connectivity index (χ2v) is 4.46. The second kappa shape index (κ2) is 7.79. The average Bonchev–Trinajstić information content (AvgIpc) is 2.77. The number of hydrogen-bond donors (Lipinski definition) is 2. The van der Waals surface area contributed by atoms with Crippen LogP contribution in [0.5, 0.6) is 0 Å². The highest BCUT2D eigenvalue weighted by molar-refractivity contribution is 7.09. The van der Waals surface area contributed by atoms with Gasteiger partial charge in [-0.3, -0.25) is 0 Å². The van der Waals surface area contributed by atoms with Gasteiger partial charge in [0.15, 0.2) is 0 Å². The van der Waals surface area contributed by atoms with Gasteiger partial charge in [0.1, 0.15) is 5.01 Å². The summed E-state index contributed by atoms with van der Waals surface area (Å²) in [6, 6.07) is 0.424. The normalized spacial score (nSPS) is 12.9. The molecule has 0 saturated carbocycles. The lowest BCUT2D eigenvalue weighted by Gasteiger charge is -2.14. The first-order valence-corrected chi connectivity index (χ1v) is 6.60. The van der Waals surface area contributed by atoms with Gasteiger partial charge in [-0.25, -0.2) is 4.98 Å². The molecule has 0 bridgehead atoms. The van der Waals surface area contributed by atoms with Crippen molar-refractivity contribution in [3.63, 3.8) is 0 Å². The summed E-state index contributed by atoms with van der Waals surface area (Å²) in [7, 11) is 0. The van der Waals surface area contributed by atoms with Crippen LogP contribution in [-0.4, -0.2) is 24.6 Å². The molecule has 0 spiro atoms. The number of thiazole rings is 1. The predicted molar refractivity (Wildman–Crippen MR) is 66.3 cm³/mol. The van der Waals surface area contributed by atoms with Crippen LogP contribution in [0, 0.1) is 0 Å². The van der Waals surface area contributed by atoms with Crippen molar-refractivity contribution in [1.82, 2.24) is 15.6 Å². The van der Waals surface area contributed by atoms with E-state index >= 15 is 0 Å². The standard InChI is InChI=1S/C11H21N3S/c1-3-5-12-6-7-13-10(4-2)11-14-8-9-15-11/h8-10,12-13H,3-7H2,1-2H3. The van der Waals surface area contributed by atoms with Crippen LogP contribution in [0.2, 0.25) is 0 Å². The summed E-state index contributed by atoms with van der Waals surface area (Å²) in [6.07, 6.45) is 4.17. The molecule has 3 nitrogen and oxygen atoms in total. The van der Waals surface area contributed by atoms with E-state index in [0.717, 1.165) is 26.1 Å². The van der Waals surface area contributed by atoms with Gasteiger partial charge in [-0.05, 0) is 19.4 Å². The van der Waals surface area contributed by atoms with Gasteiger partial charge in [0.2, 0.25) is 0 Å². The van der Waals surface area contributed by atoms with Crippen molar-refractivity contribution in [3.05, 3.63) is 16.6 Å². The molecule has 0 saturated heterocycles. The van der Waals surface area contributed by atoms with Gasteiger partial charge in [0.25, 0.3) is 0 Å². The highest BCUT2D eigenvalue weighted by atomic mass is 32.1. The van der Waals surface area contributed by atoms with Crippen LogP contribution in [-0.2, 0) is 0 Å². The number of nitrogens with one attached hydrogen (secondary N) is 2. The fourth-order valence-electron chi connectivity index (χ4n) is 1.45. The fourth-order valence-corrected chi connectivity index (χ4v) is 2.25. The van der Waals surface area contributed by atoms with E-state index in [1.165, 1.54) is 11.4 Å². The number of rotatable bonds is 8. The third kappa shape index (κ3) is 4.73. The van der Waals surface area contributed by atoms with E-state index in [9.17, 15) is 0 Å². The molecule has 1 rings (SSSR count). The van der Waals surface area contributed by atoms with Crippen molar-refractivity contribution in [2.24, 2.45) is 0 Å². The molecule has 1 aromatic rings. The lowest BCUT2D eigenvalue weighted by atomic mass is 10.2. The van der Waals surface area contributed by atoms with E-state index in [0.29, 0.717) is 6.04 Å². The Kier molecular flexibility index (Phi) is 6.55. The van der Waals surface area contributed by atoms with Crippen LogP contribution in [0.4, 0.5) is 0 Å². The van der Waals surface area contributed by atoms with Crippen LogP contribution in [0.25, 0.3) is 0 Å². The maximum absolute atomic E-state index is 4.34. The minimum absolute atomic E-state index is 0.424. The molecular formula is C11H21N3S. The quantitative estimate of drug-likeness (QED) is 0.668. The van der Waals surface area contributed by atoms with Gasteiger partial charge in [0, 0.05) is 24.7 Å². The van der Waals surface area contributed by atoms with E-state index in [1.54, 1.807) is 11.3 Å². The Morgan fingerprint density at radius 3 is 2.80 bits per heavy atom. The third-order valence-electron chi connectivity index (χ3n) is 2.28. The van der Waals surface area contributed by atoms with E-state index < -0.39 is 0 Å². The van der Waals surface area contributed by atoms with Crippen molar-refractivity contribution in [3.8, 4) is 0 Å². The molecule has 0 amide bonds. The fraction of sp³-hybridized carbons (Fsp3) is 0.727. The van der Waals surface area contributed by atoms with Crippen LogP contribution in [0.1, 0.15) is 37.7 Å². The van der Waals surface area contributed by atoms with Crippen LogP contribution >= 0.6 is 11.3 Å². The first-order chi connectivity index (χ1) is 7.38. The smallest absolute Gasteiger partial charge is 0.109 e. The molecule has 0 aromatic carbocycles.